The molecule has 2 atom stereocenters. The molecule has 1 aliphatic carbocycles. The van der Waals surface area contributed by atoms with E-state index >= 15 is 0 Å². The first-order valence-corrected chi connectivity index (χ1v) is 8.60. The highest BCUT2D eigenvalue weighted by Gasteiger charge is 2.33. The molecular formula is C15H23ClN2OS. The maximum atomic E-state index is 12.8. The number of carbonyl (C=O) groups is 1. The largest absolute Gasteiger partial charge is 0.335 e. The molecule has 5 heteroatoms. The van der Waals surface area contributed by atoms with E-state index in [1.807, 2.05) is 24.1 Å². The summed E-state index contributed by atoms with van der Waals surface area (Å²) >= 11 is 7.70. The number of hydrogen-bond acceptors (Lipinski definition) is 3. The second-order valence-electron chi connectivity index (χ2n) is 5.50. The van der Waals surface area contributed by atoms with E-state index in [4.69, 9.17) is 17.3 Å². The van der Waals surface area contributed by atoms with Gasteiger partial charge in [-0.15, -0.1) is 11.3 Å². The fourth-order valence-electron chi connectivity index (χ4n) is 3.11. The number of carbonyl (C=O) groups excluding carboxylic acids is 1. The van der Waals surface area contributed by atoms with Crippen LogP contribution in [0.5, 0.6) is 0 Å². The minimum Gasteiger partial charge on any atom is -0.335 e. The summed E-state index contributed by atoms with van der Waals surface area (Å²) < 4.78 is 0. The molecule has 1 aliphatic rings. The van der Waals surface area contributed by atoms with E-state index in [0.29, 0.717) is 28.9 Å². The third kappa shape index (κ3) is 3.02. The first-order chi connectivity index (χ1) is 9.60. The Morgan fingerprint density at radius 2 is 2.20 bits per heavy atom. The summed E-state index contributed by atoms with van der Waals surface area (Å²) in [6, 6.07) is 0.268. The summed E-state index contributed by atoms with van der Waals surface area (Å²) in [7, 11) is 0. The standard InChI is InChI=1S/C15H23ClN2OS/c1-3-18(12-7-5-4-6-11(12)8-17)15(19)14-13(16)10(2)9-20-14/h9,11-12H,3-8,17H2,1-2H3. The molecule has 1 heterocycles. The quantitative estimate of drug-likeness (QED) is 0.921. The highest BCUT2D eigenvalue weighted by atomic mass is 35.5. The van der Waals surface area contributed by atoms with E-state index in [1.54, 1.807) is 0 Å². The van der Waals surface area contributed by atoms with Crippen molar-refractivity contribution in [2.75, 3.05) is 13.1 Å². The summed E-state index contributed by atoms with van der Waals surface area (Å²) in [6.07, 6.45) is 4.59. The average molecular weight is 315 g/mol. The smallest absolute Gasteiger partial charge is 0.265 e. The molecular weight excluding hydrogens is 292 g/mol. The van der Waals surface area contributed by atoms with Gasteiger partial charge in [-0.1, -0.05) is 24.4 Å². The van der Waals surface area contributed by atoms with Gasteiger partial charge in [0.05, 0.1) is 5.02 Å². The van der Waals surface area contributed by atoms with Gasteiger partial charge < -0.3 is 10.6 Å². The molecule has 2 N–H and O–H groups in total. The van der Waals surface area contributed by atoms with Crippen LogP contribution in [0.3, 0.4) is 0 Å². The molecule has 1 saturated carbocycles. The summed E-state index contributed by atoms with van der Waals surface area (Å²) in [5, 5.41) is 2.56. The lowest BCUT2D eigenvalue weighted by Gasteiger charge is -2.39. The van der Waals surface area contributed by atoms with Gasteiger partial charge >= 0.3 is 0 Å². The molecule has 112 valence electrons. The molecule has 3 nitrogen and oxygen atoms in total. The van der Waals surface area contributed by atoms with Gasteiger partial charge in [0, 0.05) is 12.6 Å². The lowest BCUT2D eigenvalue weighted by atomic mass is 9.83. The van der Waals surface area contributed by atoms with Crippen LogP contribution in [-0.2, 0) is 0 Å². The maximum Gasteiger partial charge on any atom is 0.265 e. The van der Waals surface area contributed by atoms with Gasteiger partial charge in [0.25, 0.3) is 5.91 Å². The molecule has 0 aromatic carbocycles. The monoisotopic (exact) mass is 314 g/mol. The fourth-order valence-corrected chi connectivity index (χ4v) is 4.34. The zero-order chi connectivity index (χ0) is 14.7. The average Bonchev–Trinajstić information content (AvgIpc) is 2.80. The van der Waals surface area contributed by atoms with Crippen LogP contribution in [0.15, 0.2) is 5.38 Å². The third-order valence-corrected chi connectivity index (χ3v) is 5.95. The Morgan fingerprint density at radius 3 is 2.75 bits per heavy atom. The number of hydrogen-bond donors (Lipinski definition) is 1. The van der Waals surface area contributed by atoms with E-state index in [9.17, 15) is 4.79 Å². The molecule has 0 bridgehead atoms. The van der Waals surface area contributed by atoms with Gasteiger partial charge in [0.1, 0.15) is 4.88 Å². The van der Waals surface area contributed by atoms with Crippen molar-refractivity contribution in [1.82, 2.24) is 4.90 Å². The molecule has 0 aliphatic heterocycles. The van der Waals surface area contributed by atoms with Crippen molar-refractivity contribution in [3.63, 3.8) is 0 Å². The van der Waals surface area contributed by atoms with E-state index in [-0.39, 0.29) is 11.9 Å². The Hall–Kier alpha value is -0.580. The Kier molecular flexibility index (Phi) is 5.47. The highest BCUT2D eigenvalue weighted by molar-refractivity contribution is 7.13. The van der Waals surface area contributed by atoms with Crippen LogP contribution in [0.2, 0.25) is 5.02 Å². The van der Waals surface area contributed by atoms with Crippen LogP contribution in [0.25, 0.3) is 0 Å². The molecule has 1 amide bonds. The second-order valence-corrected chi connectivity index (χ2v) is 6.76. The van der Waals surface area contributed by atoms with Crippen molar-refractivity contribution in [1.29, 1.82) is 0 Å². The molecule has 1 aromatic rings. The number of thiophene rings is 1. The Labute approximate surface area is 130 Å². The zero-order valence-electron chi connectivity index (χ0n) is 12.2. The minimum atomic E-state index is 0.0703. The van der Waals surface area contributed by atoms with Crippen LogP contribution < -0.4 is 5.73 Å². The fraction of sp³-hybridized carbons (Fsp3) is 0.667. The van der Waals surface area contributed by atoms with Gasteiger partial charge in [0.2, 0.25) is 0 Å². The predicted molar refractivity (Wildman–Crippen MR) is 85.6 cm³/mol. The normalized spacial score (nSPS) is 22.8. The van der Waals surface area contributed by atoms with Crippen molar-refractivity contribution in [3.8, 4) is 0 Å². The van der Waals surface area contributed by atoms with Crippen LogP contribution in [0, 0.1) is 12.8 Å². The van der Waals surface area contributed by atoms with Crippen molar-refractivity contribution in [2.24, 2.45) is 11.7 Å². The van der Waals surface area contributed by atoms with Gasteiger partial charge in [0.15, 0.2) is 0 Å². The molecule has 20 heavy (non-hydrogen) atoms. The van der Waals surface area contributed by atoms with Gasteiger partial charge in [-0.25, -0.2) is 0 Å². The first-order valence-electron chi connectivity index (χ1n) is 7.34. The molecule has 2 unspecified atom stereocenters. The van der Waals surface area contributed by atoms with Crippen molar-refractivity contribution < 1.29 is 4.79 Å². The summed E-state index contributed by atoms with van der Waals surface area (Å²) in [5.74, 6) is 0.494. The van der Waals surface area contributed by atoms with Crippen LogP contribution >= 0.6 is 22.9 Å². The number of amides is 1. The predicted octanol–water partition coefficient (Wildman–Crippen LogP) is 3.69. The lowest BCUT2D eigenvalue weighted by Crippen LogP contribution is -2.47. The van der Waals surface area contributed by atoms with E-state index in [0.717, 1.165) is 18.4 Å². The Bertz CT molecular complexity index is 474. The molecule has 0 radical (unpaired) electrons. The Morgan fingerprint density at radius 1 is 1.50 bits per heavy atom. The van der Waals surface area contributed by atoms with Crippen LogP contribution in [0.4, 0.5) is 0 Å². The van der Waals surface area contributed by atoms with Crippen LogP contribution in [0.1, 0.15) is 47.8 Å². The topological polar surface area (TPSA) is 46.3 Å². The number of aryl methyl sites for hydroxylation is 1. The van der Waals surface area contributed by atoms with Crippen molar-refractivity contribution >= 4 is 28.8 Å². The zero-order valence-corrected chi connectivity index (χ0v) is 13.8. The van der Waals surface area contributed by atoms with E-state index in [2.05, 4.69) is 0 Å². The summed E-state index contributed by atoms with van der Waals surface area (Å²) in [4.78, 5) is 15.4. The van der Waals surface area contributed by atoms with Gasteiger partial charge in [-0.2, -0.15) is 0 Å². The SMILES string of the molecule is CCN(C(=O)c1scc(C)c1Cl)C1CCCCC1CN. The number of rotatable bonds is 4. The molecule has 1 fully saturated rings. The van der Waals surface area contributed by atoms with E-state index in [1.165, 1.54) is 24.2 Å². The summed E-state index contributed by atoms with van der Waals surface area (Å²) in [5.41, 5.74) is 6.88. The third-order valence-electron chi connectivity index (χ3n) is 4.27. The summed E-state index contributed by atoms with van der Waals surface area (Å²) in [6.45, 7) is 5.35. The molecule has 0 spiro atoms. The molecule has 0 saturated heterocycles. The number of nitrogens with two attached hydrogens (primary N) is 1. The van der Waals surface area contributed by atoms with Crippen LogP contribution in [-0.4, -0.2) is 29.9 Å². The van der Waals surface area contributed by atoms with Crippen molar-refractivity contribution in [2.45, 2.75) is 45.6 Å². The minimum absolute atomic E-state index is 0.0703. The Balaban J connectivity index is 2.22. The molecule has 2 rings (SSSR count). The first kappa shape index (κ1) is 15.8. The van der Waals surface area contributed by atoms with Gasteiger partial charge in [-0.3, -0.25) is 4.79 Å². The van der Waals surface area contributed by atoms with Crippen molar-refractivity contribution in [3.05, 3.63) is 20.8 Å². The number of nitrogens with zero attached hydrogens (tertiary/aromatic N) is 1. The second kappa shape index (κ2) is 6.92. The van der Waals surface area contributed by atoms with Gasteiger partial charge in [-0.05, 0) is 50.1 Å². The number of halogens is 1. The highest BCUT2D eigenvalue weighted by Crippen LogP contribution is 2.32. The molecule has 1 aromatic heterocycles. The van der Waals surface area contributed by atoms with E-state index < -0.39 is 0 Å². The maximum absolute atomic E-state index is 12.8. The lowest BCUT2D eigenvalue weighted by molar-refractivity contribution is 0.0565.